The highest BCUT2D eigenvalue weighted by Crippen LogP contribution is 2.26. The molecule has 0 spiro atoms. The number of ether oxygens (including phenoxy) is 1. The maximum absolute atomic E-state index is 9.50. The number of morpholine rings is 1. The number of nitrogens with zero attached hydrogens (tertiary/aromatic N) is 4. The SMILES string of the molecule is [B]N1CCOC(CNc2nc(-c3ccc(O)cc3)cc3nccnc23)C1. The van der Waals surface area contributed by atoms with Crippen molar-refractivity contribution in [3.05, 3.63) is 42.7 Å². The van der Waals surface area contributed by atoms with E-state index in [1.54, 1.807) is 29.3 Å². The van der Waals surface area contributed by atoms with Crippen molar-refractivity contribution in [2.75, 3.05) is 31.6 Å². The summed E-state index contributed by atoms with van der Waals surface area (Å²) in [6, 6.07) is 8.80. The van der Waals surface area contributed by atoms with Crippen LogP contribution in [-0.4, -0.2) is 65.2 Å². The van der Waals surface area contributed by atoms with E-state index in [0.717, 1.165) is 23.3 Å². The van der Waals surface area contributed by atoms with Gasteiger partial charge in [0.15, 0.2) is 13.8 Å². The van der Waals surface area contributed by atoms with Gasteiger partial charge in [0.1, 0.15) is 11.3 Å². The van der Waals surface area contributed by atoms with Crippen LogP contribution in [0.2, 0.25) is 0 Å². The molecule has 7 nitrogen and oxygen atoms in total. The maximum Gasteiger partial charge on any atom is 0.182 e. The smallest absolute Gasteiger partial charge is 0.182 e. The van der Waals surface area contributed by atoms with E-state index in [2.05, 4.69) is 15.3 Å². The summed E-state index contributed by atoms with van der Waals surface area (Å²) in [7, 11) is 5.86. The molecule has 1 saturated heterocycles. The molecule has 1 fully saturated rings. The van der Waals surface area contributed by atoms with Crippen molar-refractivity contribution in [3.63, 3.8) is 0 Å². The number of aromatic hydroxyl groups is 1. The Labute approximate surface area is 152 Å². The lowest BCUT2D eigenvalue weighted by atomic mass is 10.1. The zero-order chi connectivity index (χ0) is 17.9. The second-order valence-electron chi connectivity index (χ2n) is 6.20. The lowest BCUT2D eigenvalue weighted by Gasteiger charge is -2.30. The van der Waals surface area contributed by atoms with Gasteiger partial charge in [-0.05, 0) is 30.3 Å². The van der Waals surface area contributed by atoms with E-state index < -0.39 is 0 Å². The minimum absolute atomic E-state index is 0.0143. The van der Waals surface area contributed by atoms with Crippen LogP contribution in [0.3, 0.4) is 0 Å². The third-order valence-electron chi connectivity index (χ3n) is 4.29. The monoisotopic (exact) mass is 347 g/mol. The Bertz CT molecular complexity index is 906. The van der Waals surface area contributed by atoms with Crippen LogP contribution in [0.1, 0.15) is 0 Å². The number of phenols is 1. The van der Waals surface area contributed by atoms with Gasteiger partial charge >= 0.3 is 0 Å². The van der Waals surface area contributed by atoms with Crippen molar-refractivity contribution in [2.45, 2.75) is 6.10 Å². The molecule has 26 heavy (non-hydrogen) atoms. The van der Waals surface area contributed by atoms with Crippen molar-refractivity contribution in [2.24, 2.45) is 0 Å². The number of phenolic OH excluding ortho intramolecular Hbond substituents is 1. The topological polar surface area (TPSA) is 83.4 Å². The van der Waals surface area contributed by atoms with Gasteiger partial charge in [-0.15, -0.1) is 0 Å². The summed E-state index contributed by atoms with van der Waals surface area (Å²) in [6.07, 6.45) is 3.29. The average molecular weight is 347 g/mol. The zero-order valence-electron chi connectivity index (χ0n) is 14.2. The summed E-state index contributed by atoms with van der Waals surface area (Å²) < 4.78 is 5.73. The van der Waals surface area contributed by atoms with Crippen LogP contribution >= 0.6 is 0 Å². The molecule has 1 aromatic carbocycles. The quantitative estimate of drug-likeness (QED) is 0.694. The third-order valence-corrected chi connectivity index (χ3v) is 4.29. The lowest BCUT2D eigenvalue weighted by Crippen LogP contribution is -2.44. The molecule has 0 bridgehead atoms. The summed E-state index contributed by atoms with van der Waals surface area (Å²) in [4.78, 5) is 15.3. The molecular weight excluding hydrogens is 329 g/mol. The number of hydrogen-bond donors (Lipinski definition) is 2. The second-order valence-corrected chi connectivity index (χ2v) is 6.20. The van der Waals surface area contributed by atoms with Gasteiger partial charge in [-0.25, -0.2) is 9.97 Å². The van der Waals surface area contributed by atoms with Gasteiger partial charge in [0.2, 0.25) is 0 Å². The molecule has 1 atom stereocenters. The molecule has 4 rings (SSSR count). The Morgan fingerprint density at radius 2 is 2.04 bits per heavy atom. The molecule has 1 aliphatic heterocycles. The first-order chi connectivity index (χ1) is 12.7. The van der Waals surface area contributed by atoms with E-state index >= 15 is 0 Å². The number of pyridine rings is 1. The first kappa shape index (κ1) is 16.7. The van der Waals surface area contributed by atoms with Crippen molar-refractivity contribution >= 4 is 24.8 Å². The zero-order valence-corrected chi connectivity index (χ0v) is 14.2. The molecule has 3 heterocycles. The minimum Gasteiger partial charge on any atom is -0.508 e. The largest absolute Gasteiger partial charge is 0.508 e. The highest BCUT2D eigenvalue weighted by Gasteiger charge is 2.18. The van der Waals surface area contributed by atoms with E-state index in [-0.39, 0.29) is 11.9 Å². The molecule has 3 aromatic rings. The van der Waals surface area contributed by atoms with Crippen LogP contribution < -0.4 is 5.32 Å². The van der Waals surface area contributed by atoms with Gasteiger partial charge in [-0.3, -0.25) is 4.98 Å². The van der Waals surface area contributed by atoms with Crippen LogP contribution in [0.4, 0.5) is 5.82 Å². The molecule has 1 unspecified atom stereocenters. The number of anilines is 1. The van der Waals surface area contributed by atoms with Gasteiger partial charge in [0.25, 0.3) is 0 Å². The van der Waals surface area contributed by atoms with Crippen LogP contribution in [0.5, 0.6) is 5.75 Å². The van der Waals surface area contributed by atoms with Crippen molar-refractivity contribution in [1.82, 2.24) is 19.8 Å². The lowest BCUT2D eigenvalue weighted by molar-refractivity contribution is 0.00720. The molecule has 0 aliphatic carbocycles. The molecular formula is C18H18BN5O2. The molecule has 2 aromatic heterocycles. The van der Waals surface area contributed by atoms with Gasteiger partial charge in [-0.2, -0.15) is 0 Å². The second kappa shape index (κ2) is 7.27. The number of nitrogens with one attached hydrogen (secondary N) is 1. The van der Waals surface area contributed by atoms with Crippen molar-refractivity contribution < 1.29 is 9.84 Å². The maximum atomic E-state index is 9.50. The van der Waals surface area contributed by atoms with Crippen molar-refractivity contribution in [3.8, 4) is 17.0 Å². The molecule has 0 saturated carbocycles. The van der Waals surface area contributed by atoms with Crippen LogP contribution in [0.15, 0.2) is 42.7 Å². The number of fused-ring (bicyclic) bond motifs is 1. The molecule has 2 radical (unpaired) electrons. The summed E-state index contributed by atoms with van der Waals surface area (Å²) in [5, 5.41) is 12.8. The molecule has 1 aliphatic rings. The molecule has 0 amide bonds. The fourth-order valence-electron chi connectivity index (χ4n) is 2.95. The highest BCUT2D eigenvalue weighted by atomic mass is 16.5. The Balaban J connectivity index is 1.64. The van der Waals surface area contributed by atoms with Crippen LogP contribution in [-0.2, 0) is 4.74 Å². The summed E-state index contributed by atoms with van der Waals surface area (Å²) in [5.41, 5.74) is 3.10. The number of aromatic nitrogens is 3. The Hall–Kier alpha value is -2.71. The summed E-state index contributed by atoms with van der Waals surface area (Å²) >= 11 is 0. The minimum atomic E-state index is -0.0143. The first-order valence-electron chi connectivity index (χ1n) is 8.45. The van der Waals surface area contributed by atoms with E-state index in [9.17, 15) is 5.11 Å². The molecule has 2 N–H and O–H groups in total. The van der Waals surface area contributed by atoms with E-state index in [1.165, 1.54) is 0 Å². The van der Waals surface area contributed by atoms with Gasteiger partial charge in [0, 0.05) is 37.6 Å². The predicted molar refractivity (Wildman–Crippen MR) is 100.0 cm³/mol. The van der Waals surface area contributed by atoms with Crippen LogP contribution in [0, 0.1) is 0 Å². The number of hydrogen-bond acceptors (Lipinski definition) is 7. The summed E-state index contributed by atoms with van der Waals surface area (Å²) in [6.45, 7) is 2.59. The van der Waals surface area contributed by atoms with Gasteiger partial charge in [-0.1, -0.05) is 0 Å². The Morgan fingerprint density at radius 1 is 1.23 bits per heavy atom. The van der Waals surface area contributed by atoms with E-state index in [4.69, 9.17) is 17.7 Å². The number of benzene rings is 1. The van der Waals surface area contributed by atoms with Crippen molar-refractivity contribution in [1.29, 1.82) is 0 Å². The fourth-order valence-corrected chi connectivity index (χ4v) is 2.95. The normalized spacial score (nSPS) is 18.1. The standard InChI is InChI=1S/C18H18BN5O2/c19-24-7-8-26-14(11-24)10-22-18-17-16(20-5-6-21-17)9-15(23-18)12-1-3-13(25)4-2-12/h1-6,9,14,25H,7-8,10-11H2,(H,22,23). The Morgan fingerprint density at radius 3 is 2.85 bits per heavy atom. The summed E-state index contributed by atoms with van der Waals surface area (Å²) in [5.74, 6) is 0.866. The first-order valence-corrected chi connectivity index (χ1v) is 8.45. The molecule has 8 heteroatoms. The average Bonchev–Trinajstić information content (AvgIpc) is 2.66. The van der Waals surface area contributed by atoms with Gasteiger partial charge < -0.3 is 20.0 Å². The Kier molecular flexibility index (Phi) is 4.68. The molecule has 130 valence electrons. The predicted octanol–water partition coefficient (Wildman–Crippen LogP) is 1.59. The van der Waals surface area contributed by atoms with Gasteiger partial charge in [0.05, 0.1) is 23.9 Å². The van der Waals surface area contributed by atoms with E-state index in [0.29, 0.717) is 31.0 Å². The fraction of sp³-hybridized carbons (Fsp3) is 0.278. The van der Waals surface area contributed by atoms with E-state index in [1.807, 2.05) is 18.2 Å². The number of rotatable bonds is 4. The third kappa shape index (κ3) is 3.61. The highest BCUT2D eigenvalue weighted by molar-refractivity contribution is 6.04. The van der Waals surface area contributed by atoms with Crippen LogP contribution in [0.25, 0.3) is 22.3 Å².